The van der Waals surface area contributed by atoms with Crippen molar-refractivity contribution in [2.75, 3.05) is 26.7 Å². The quantitative estimate of drug-likeness (QED) is 0.391. The Morgan fingerprint density at radius 2 is 2.12 bits per heavy atom. The van der Waals surface area contributed by atoms with Gasteiger partial charge in [-0.2, -0.15) is 0 Å². The molecule has 2 N–H and O–H groups in total. The van der Waals surface area contributed by atoms with E-state index in [9.17, 15) is 0 Å². The van der Waals surface area contributed by atoms with Crippen LogP contribution in [0.4, 0.5) is 0 Å². The first-order valence-electron chi connectivity index (χ1n) is 8.47. The molecule has 1 aliphatic heterocycles. The Hall–Kier alpha value is -1.28. The van der Waals surface area contributed by atoms with E-state index in [1.54, 1.807) is 11.3 Å². The second kappa shape index (κ2) is 10.0. The predicted octanol–water partition coefficient (Wildman–Crippen LogP) is 4.20. The number of benzene rings is 1. The van der Waals surface area contributed by atoms with Crippen molar-refractivity contribution in [3.63, 3.8) is 0 Å². The molecule has 0 fully saturated rings. The molecule has 136 valence electrons. The topological polar surface area (TPSA) is 45.7 Å². The van der Waals surface area contributed by atoms with Crippen molar-refractivity contribution in [3.05, 3.63) is 52.2 Å². The Kier molecular flexibility index (Phi) is 8.02. The lowest BCUT2D eigenvalue weighted by Gasteiger charge is -2.26. The van der Waals surface area contributed by atoms with Crippen molar-refractivity contribution in [1.82, 2.24) is 10.6 Å². The molecule has 0 radical (unpaired) electrons. The number of ether oxygens (including phenoxy) is 1. The van der Waals surface area contributed by atoms with Crippen LogP contribution < -0.4 is 15.4 Å². The molecule has 0 bridgehead atoms. The monoisotopic (exact) mass is 471 g/mol. The molecule has 2 unspecified atom stereocenters. The molecule has 0 saturated carbocycles. The molecule has 6 heteroatoms. The van der Waals surface area contributed by atoms with Crippen LogP contribution in [0, 0.1) is 0 Å². The molecule has 1 aromatic carbocycles. The van der Waals surface area contributed by atoms with Crippen LogP contribution in [0.2, 0.25) is 0 Å². The summed E-state index contributed by atoms with van der Waals surface area (Å²) in [5.41, 5.74) is 1.29. The summed E-state index contributed by atoms with van der Waals surface area (Å²) in [6.07, 6.45) is 1.03. The van der Waals surface area contributed by atoms with Gasteiger partial charge in [0.05, 0.1) is 6.61 Å². The second-order valence-corrected chi connectivity index (χ2v) is 7.10. The molecule has 0 aliphatic carbocycles. The number of fused-ring (bicyclic) bond motifs is 1. The van der Waals surface area contributed by atoms with Crippen LogP contribution >= 0.6 is 35.3 Å². The minimum absolute atomic E-state index is 0. The zero-order chi connectivity index (χ0) is 16.8. The number of hydrogen-bond acceptors (Lipinski definition) is 3. The largest absolute Gasteiger partial charge is 0.493 e. The fraction of sp³-hybridized carbons (Fsp3) is 0.421. The fourth-order valence-electron chi connectivity index (χ4n) is 2.99. The lowest BCUT2D eigenvalue weighted by Crippen LogP contribution is -2.41. The molecule has 2 heterocycles. The highest BCUT2D eigenvalue weighted by Crippen LogP contribution is 2.32. The summed E-state index contributed by atoms with van der Waals surface area (Å²) in [4.78, 5) is 5.75. The van der Waals surface area contributed by atoms with Crippen LogP contribution in [0.5, 0.6) is 5.75 Å². The van der Waals surface area contributed by atoms with Gasteiger partial charge in [0.15, 0.2) is 5.96 Å². The maximum Gasteiger partial charge on any atom is 0.191 e. The molecule has 0 spiro atoms. The summed E-state index contributed by atoms with van der Waals surface area (Å²) in [6.45, 7) is 4.77. The Balaban J connectivity index is 0.00000225. The first-order chi connectivity index (χ1) is 11.8. The van der Waals surface area contributed by atoms with Crippen LogP contribution in [0.3, 0.4) is 0 Å². The molecular formula is C19H26IN3OS. The highest BCUT2D eigenvalue weighted by atomic mass is 127. The number of guanidine groups is 1. The van der Waals surface area contributed by atoms with Crippen LogP contribution in [0.15, 0.2) is 46.8 Å². The Bertz CT molecular complexity index is 675. The van der Waals surface area contributed by atoms with Gasteiger partial charge in [-0.25, -0.2) is 0 Å². The Labute approximate surface area is 171 Å². The van der Waals surface area contributed by atoms with E-state index in [4.69, 9.17) is 4.74 Å². The fourth-order valence-corrected chi connectivity index (χ4v) is 3.78. The van der Waals surface area contributed by atoms with Crippen molar-refractivity contribution in [2.45, 2.75) is 25.2 Å². The molecule has 1 aliphatic rings. The van der Waals surface area contributed by atoms with Crippen LogP contribution in [0.1, 0.15) is 35.6 Å². The molecule has 0 amide bonds. The van der Waals surface area contributed by atoms with Gasteiger partial charge in [0.2, 0.25) is 0 Å². The maximum atomic E-state index is 5.73. The van der Waals surface area contributed by atoms with Crippen molar-refractivity contribution >= 4 is 41.3 Å². The van der Waals surface area contributed by atoms with E-state index < -0.39 is 0 Å². The molecule has 2 aromatic rings. The van der Waals surface area contributed by atoms with Crippen LogP contribution in [-0.2, 0) is 0 Å². The normalized spacial score (nSPS) is 17.7. The van der Waals surface area contributed by atoms with E-state index in [-0.39, 0.29) is 24.0 Å². The van der Waals surface area contributed by atoms with Gasteiger partial charge in [-0.3, -0.25) is 4.99 Å². The van der Waals surface area contributed by atoms with Gasteiger partial charge in [-0.05, 0) is 29.5 Å². The number of hydrogen-bond donors (Lipinski definition) is 2. The maximum absolute atomic E-state index is 5.73. The van der Waals surface area contributed by atoms with E-state index in [1.165, 1.54) is 10.4 Å². The molecule has 3 rings (SSSR count). The molecule has 2 atom stereocenters. The predicted molar refractivity (Wildman–Crippen MR) is 117 cm³/mol. The van der Waals surface area contributed by atoms with Gasteiger partial charge in [-0.15, -0.1) is 35.3 Å². The first-order valence-corrected chi connectivity index (χ1v) is 9.35. The van der Waals surface area contributed by atoms with E-state index in [2.05, 4.69) is 58.3 Å². The number of nitrogens with zero attached hydrogens (tertiary/aromatic N) is 1. The smallest absolute Gasteiger partial charge is 0.191 e. The van der Waals surface area contributed by atoms with Crippen molar-refractivity contribution < 1.29 is 4.74 Å². The van der Waals surface area contributed by atoms with E-state index in [0.29, 0.717) is 11.8 Å². The van der Waals surface area contributed by atoms with Crippen molar-refractivity contribution in [1.29, 1.82) is 0 Å². The molecular weight excluding hydrogens is 445 g/mol. The third-order valence-electron chi connectivity index (χ3n) is 4.43. The number of para-hydroxylation sites is 1. The SMILES string of the molecule is CN=C(NCC(C)c1cccs1)NCC1CCOc2ccccc21.I. The van der Waals surface area contributed by atoms with E-state index in [0.717, 1.165) is 37.8 Å². The third-order valence-corrected chi connectivity index (χ3v) is 5.53. The van der Waals surface area contributed by atoms with Gasteiger partial charge < -0.3 is 15.4 Å². The number of thiophene rings is 1. The standard InChI is InChI=1S/C19H25N3OS.HI/c1-14(18-8-5-11-24-18)12-21-19(20-2)22-13-15-9-10-23-17-7-4-3-6-16(15)17;/h3-8,11,14-15H,9-10,12-13H2,1-2H3,(H2,20,21,22);1H. The number of aliphatic imine (C=N–C) groups is 1. The molecule has 1 aromatic heterocycles. The van der Waals surface area contributed by atoms with Crippen LogP contribution in [0.25, 0.3) is 0 Å². The minimum atomic E-state index is 0. The summed E-state index contributed by atoms with van der Waals surface area (Å²) in [6, 6.07) is 12.6. The summed E-state index contributed by atoms with van der Waals surface area (Å²) in [7, 11) is 1.82. The average molecular weight is 471 g/mol. The zero-order valence-electron chi connectivity index (χ0n) is 14.7. The molecule has 25 heavy (non-hydrogen) atoms. The van der Waals surface area contributed by atoms with Crippen LogP contribution in [-0.4, -0.2) is 32.7 Å². The summed E-state index contributed by atoms with van der Waals surface area (Å²) in [5, 5.41) is 9.03. The van der Waals surface area contributed by atoms with Gasteiger partial charge in [0.25, 0.3) is 0 Å². The average Bonchev–Trinajstić information content (AvgIpc) is 3.16. The van der Waals surface area contributed by atoms with E-state index >= 15 is 0 Å². The lowest BCUT2D eigenvalue weighted by atomic mass is 9.93. The Morgan fingerprint density at radius 3 is 2.88 bits per heavy atom. The van der Waals surface area contributed by atoms with E-state index in [1.807, 2.05) is 13.1 Å². The highest BCUT2D eigenvalue weighted by Gasteiger charge is 2.21. The molecule has 4 nitrogen and oxygen atoms in total. The third kappa shape index (κ3) is 5.34. The van der Waals surface area contributed by atoms with Gasteiger partial charge in [0.1, 0.15) is 5.75 Å². The van der Waals surface area contributed by atoms with Crippen molar-refractivity contribution in [3.8, 4) is 5.75 Å². The highest BCUT2D eigenvalue weighted by molar-refractivity contribution is 14.0. The summed E-state index contributed by atoms with van der Waals surface area (Å²) in [5.74, 6) is 2.82. The number of rotatable bonds is 5. The summed E-state index contributed by atoms with van der Waals surface area (Å²) < 4.78 is 5.73. The van der Waals surface area contributed by atoms with Crippen molar-refractivity contribution in [2.24, 2.45) is 4.99 Å². The molecule has 0 saturated heterocycles. The summed E-state index contributed by atoms with van der Waals surface area (Å²) >= 11 is 1.80. The number of nitrogens with one attached hydrogen (secondary N) is 2. The number of halogens is 1. The lowest BCUT2D eigenvalue weighted by molar-refractivity contribution is 0.267. The van der Waals surface area contributed by atoms with Gasteiger partial charge in [0, 0.05) is 36.9 Å². The second-order valence-electron chi connectivity index (χ2n) is 6.12. The van der Waals surface area contributed by atoms with Gasteiger partial charge in [-0.1, -0.05) is 31.2 Å². The van der Waals surface area contributed by atoms with Gasteiger partial charge >= 0.3 is 0 Å². The minimum Gasteiger partial charge on any atom is -0.493 e. The zero-order valence-corrected chi connectivity index (χ0v) is 17.8. The first kappa shape index (κ1) is 20.0. The Morgan fingerprint density at radius 1 is 1.28 bits per heavy atom.